The zero-order valence-corrected chi connectivity index (χ0v) is 13.9. The van der Waals surface area contributed by atoms with Crippen molar-refractivity contribution in [1.29, 1.82) is 0 Å². The lowest BCUT2D eigenvalue weighted by atomic mass is 10.2. The van der Waals surface area contributed by atoms with Crippen molar-refractivity contribution < 1.29 is 13.2 Å². The normalized spacial score (nSPS) is 19.6. The molecular weight excluding hydrogens is 332 g/mol. The Morgan fingerprint density at radius 3 is 3.05 bits per heavy atom. The molecule has 2 heterocycles. The first-order valence-corrected chi connectivity index (χ1v) is 9.91. The Morgan fingerprint density at radius 2 is 2.38 bits per heavy atom. The predicted molar refractivity (Wildman–Crippen MR) is 84.0 cm³/mol. The second kappa shape index (κ2) is 6.86. The average Bonchev–Trinajstić information content (AvgIpc) is 3.04. The smallest absolute Gasteiger partial charge is 0.244 e. The number of amides is 1. The van der Waals surface area contributed by atoms with E-state index in [4.69, 9.17) is 0 Å². The molecule has 1 unspecified atom stereocenters. The van der Waals surface area contributed by atoms with E-state index in [1.54, 1.807) is 6.08 Å². The number of aromatic nitrogens is 2. The van der Waals surface area contributed by atoms with Crippen LogP contribution in [0.4, 0.5) is 5.13 Å². The van der Waals surface area contributed by atoms with Crippen LogP contribution in [0.5, 0.6) is 0 Å². The van der Waals surface area contributed by atoms with E-state index in [0.29, 0.717) is 30.3 Å². The molecule has 1 amide bonds. The van der Waals surface area contributed by atoms with Crippen molar-refractivity contribution in [3.63, 3.8) is 0 Å². The predicted octanol–water partition coefficient (Wildman–Crippen LogP) is 1.18. The van der Waals surface area contributed by atoms with Gasteiger partial charge in [-0.1, -0.05) is 29.2 Å². The molecule has 1 saturated heterocycles. The monoisotopic (exact) mass is 348 g/mol. The molecule has 1 aromatic rings. The maximum absolute atomic E-state index is 12.2. The number of carbonyl (C=O) groups is 1. The van der Waals surface area contributed by atoms with Crippen LogP contribution in [-0.2, 0) is 14.8 Å². The van der Waals surface area contributed by atoms with E-state index >= 15 is 0 Å². The number of sulfonamides is 1. The van der Waals surface area contributed by atoms with Gasteiger partial charge >= 0.3 is 0 Å². The molecule has 10 heteroatoms. The first kappa shape index (κ1) is 16.4. The molecule has 21 heavy (non-hydrogen) atoms. The second-order valence-electron chi connectivity index (χ2n) is 4.49. The highest BCUT2D eigenvalue weighted by Crippen LogP contribution is 2.27. The third-order valence-corrected chi connectivity index (χ3v) is 6.15. The van der Waals surface area contributed by atoms with E-state index in [9.17, 15) is 13.2 Å². The first-order valence-electron chi connectivity index (χ1n) is 6.26. The second-order valence-corrected chi connectivity index (χ2v) is 8.67. The lowest BCUT2D eigenvalue weighted by Gasteiger charge is -2.20. The Hall–Kier alpha value is -0.970. The van der Waals surface area contributed by atoms with Crippen molar-refractivity contribution in [3.05, 3.63) is 12.7 Å². The zero-order valence-electron chi connectivity index (χ0n) is 11.5. The topological polar surface area (TPSA) is 92.3 Å². The van der Waals surface area contributed by atoms with Crippen molar-refractivity contribution in [2.75, 3.05) is 23.9 Å². The summed E-state index contributed by atoms with van der Waals surface area (Å²) < 4.78 is 25.2. The van der Waals surface area contributed by atoms with E-state index < -0.39 is 16.1 Å². The largest absolute Gasteiger partial charge is 0.299 e. The Balaban J connectivity index is 2.00. The van der Waals surface area contributed by atoms with E-state index in [1.807, 2.05) is 0 Å². The van der Waals surface area contributed by atoms with Crippen molar-refractivity contribution in [3.8, 4) is 0 Å². The van der Waals surface area contributed by atoms with Crippen molar-refractivity contribution >= 4 is 44.2 Å². The summed E-state index contributed by atoms with van der Waals surface area (Å²) in [5.74, 6) is 0.363. The van der Waals surface area contributed by atoms with Crippen LogP contribution in [0, 0.1) is 0 Å². The van der Waals surface area contributed by atoms with Gasteiger partial charge in [0.1, 0.15) is 6.04 Å². The maximum Gasteiger partial charge on any atom is 0.244 e. The van der Waals surface area contributed by atoms with Crippen LogP contribution in [0.25, 0.3) is 0 Å². The summed E-state index contributed by atoms with van der Waals surface area (Å²) in [4.78, 5) is 12.2. The third kappa shape index (κ3) is 4.25. The Bertz CT molecular complexity index is 628. The molecule has 1 aromatic heterocycles. The van der Waals surface area contributed by atoms with Gasteiger partial charge in [-0.3, -0.25) is 10.1 Å². The van der Waals surface area contributed by atoms with Crippen molar-refractivity contribution in [1.82, 2.24) is 14.5 Å². The van der Waals surface area contributed by atoms with Crippen molar-refractivity contribution in [2.24, 2.45) is 0 Å². The minimum Gasteiger partial charge on any atom is -0.299 e. The number of nitrogens with zero attached hydrogens (tertiary/aromatic N) is 3. The molecule has 0 bridgehead atoms. The third-order valence-electron chi connectivity index (χ3n) is 2.89. The summed E-state index contributed by atoms with van der Waals surface area (Å²) in [5, 5.41) is 10.8. The van der Waals surface area contributed by atoms with Gasteiger partial charge in [-0.2, -0.15) is 4.31 Å². The van der Waals surface area contributed by atoms with E-state index in [-0.39, 0.29) is 5.91 Å². The van der Waals surface area contributed by atoms with Gasteiger partial charge in [-0.15, -0.1) is 16.8 Å². The van der Waals surface area contributed by atoms with Gasteiger partial charge in [0.15, 0.2) is 4.34 Å². The van der Waals surface area contributed by atoms with Gasteiger partial charge in [0.2, 0.25) is 21.1 Å². The molecule has 1 N–H and O–H groups in total. The first-order chi connectivity index (χ1) is 9.91. The summed E-state index contributed by atoms with van der Waals surface area (Å²) in [7, 11) is -3.37. The van der Waals surface area contributed by atoms with Gasteiger partial charge < -0.3 is 0 Å². The molecule has 0 radical (unpaired) electrons. The molecule has 0 aromatic carbocycles. The van der Waals surface area contributed by atoms with Gasteiger partial charge in [0, 0.05) is 12.3 Å². The molecule has 116 valence electrons. The molecule has 0 spiro atoms. The van der Waals surface area contributed by atoms with Gasteiger partial charge in [-0.25, -0.2) is 8.42 Å². The number of rotatable bonds is 6. The fourth-order valence-electron chi connectivity index (χ4n) is 2.04. The van der Waals surface area contributed by atoms with Gasteiger partial charge in [0.05, 0.1) is 6.26 Å². The molecule has 1 aliphatic rings. The molecule has 1 atom stereocenters. The standard InChI is InChI=1S/C11H16N4O3S3/c1-3-7-19-11-14-13-10(20-11)12-9(16)8-5-4-6-15(8)21(2,17)18/h3,8H,1,4-7H2,2H3,(H,12,13,16). The van der Waals surface area contributed by atoms with Crippen molar-refractivity contribution in [2.45, 2.75) is 23.2 Å². The Labute approximate surface area is 131 Å². The van der Waals surface area contributed by atoms with E-state index in [0.717, 1.165) is 10.6 Å². The van der Waals surface area contributed by atoms with Crippen LogP contribution >= 0.6 is 23.1 Å². The highest BCUT2D eigenvalue weighted by Gasteiger charge is 2.36. The molecule has 2 rings (SSSR count). The number of carbonyl (C=O) groups excluding carboxylic acids is 1. The van der Waals surface area contributed by atoms with Crippen LogP contribution in [-0.4, -0.2) is 53.4 Å². The highest BCUT2D eigenvalue weighted by atomic mass is 32.2. The Kier molecular flexibility index (Phi) is 5.36. The van der Waals surface area contributed by atoms with Crippen LogP contribution in [0.1, 0.15) is 12.8 Å². The van der Waals surface area contributed by atoms with Crippen LogP contribution in [0.3, 0.4) is 0 Å². The fraction of sp³-hybridized carbons (Fsp3) is 0.545. The number of hydrogen-bond donors (Lipinski definition) is 1. The number of nitrogens with one attached hydrogen (secondary N) is 1. The van der Waals surface area contributed by atoms with Crippen LogP contribution in [0.15, 0.2) is 17.0 Å². The summed E-state index contributed by atoms with van der Waals surface area (Å²) in [6.45, 7) is 4.00. The lowest BCUT2D eigenvalue weighted by molar-refractivity contribution is -0.119. The van der Waals surface area contributed by atoms with E-state index in [2.05, 4.69) is 22.1 Å². The maximum atomic E-state index is 12.2. The van der Waals surface area contributed by atoms with Gasteiger partial charge in [0.25, 0.3) is 0 Å². The molecule has 1 fully saturated rings. The molecular formula is C11H16N4O3S3. The zero-order chi connectivity index (χ0) is 15.5. The van der Waals surface area contributed by atoms with Crippen LogP contribution in [0.2, 0.25) is 0 Å². The minimum absolute atomic E-state index is 0.352. The van der Waals surface area contributed by atoms with Gasteiger partial charge in [-0.05, 0) is 12.8 Å². The summed E-state index contributed by atoms with van der Waals surface area (Å²) in [5.41, 5.74) is 0. The minimum atomic E-state index is -3.37. The number of anilines is 1. The Morgan fingerprint density at radius 1 is 1.62 bits per heavy atom. The summed E-state index contributed by atoms with van der Waals surface area (Å²) in [6, 6.07) is -0.659. The SMILES string of the molecule is C=CCSc1nnc(NC(=O)C2CCCN2S(C)(=O)=O)s1. The molecule has 7 nitrogen and oxygen atoms in total. The molecule has 1 aliphatic heterocycles. The molecule has 0 saturated carbocycles. The number of thioether (sulfide) groups is 1. The molecule has 0 aliphatic carbocycles. The lowest BCUT2D eigenvalue weighted by Crippen LogP contribution is -2.42. The summed E-state index contributed by atoms with van der Waals surface area (Å²) in [6.07, 6.45) is 4.08. The quantitative estimate of drug-likeness (QED) is 0.471. The highest BCUT2D eigenvalue weighted by molar-refractivity contribution is 8.01. The van der Waals surface area contributed by atoms with Crippen LogP contribution < -0.4 is 5.32 Å². The van der Waals surface area contributed by atoms with E-state index in [1.165, 1.54) is 27.4 Å². The number of hydrogen-bond acceptors (Lipinski definition) is 7. The summed E-state index contributed by atoms with van der Waals surface area (Å²) >= 11 is 2.74. The fourth-order valence-corrected chi connectivity index (χ4v) is 4.68. The average molecular weight is 348 g/mol.